The molecule has 0 atom stereocenters. The van der Waals surface area contributed by atoms with Gasteiger partial charge in [-0.05, 0) is 36.5 Å². The molecule has 0 unspecified atom stereocenters. The Balaban J connectivity index is 2.01. The molecule has 0 aromatic heterocycles. The fourth-order valence-corrected chi connectivity index (χ4v) is 4.51. The molecule has 0 heterocycles. The van der Waals surface area contributed by atoms with Gasteiger partial charge >= 0.3 is 0 Å². The third kappa shape index (κ3) is 5.67. The summed E-state index contributed by atoms with van der Waals surface area (Å²) >= 11 is 0. The summed E-state index contributed by atoms with van der Waals surface area (Å²) in [7, 11) is 3.29. The average Bonchev–Trinajstić information content (AvgIpc) is 2.58. The zero-order chi connectivity index (χ0) is 22.7. The molecule has 0 aromatic carbocycles. The van der Waals surface area contributed by atoms with Crippen LogP contribution < -0.4 is 0 Å². The minimum Gasteiger partial charge on any atom is -0.511 e. The Morgan fingerprint density at radius 3 is 1.33 bits per heavy atom. The Morgan fingerprint density at radius 2 is 1.07 bits per heavy atom. The van der Waals surface area contributed by atoms with E-state index in [0.29, 0.717) is 61.1 Å². The first-order valence-electron chi connectivity index (χ1n) is 10.7. The number of hydrogen-bond acceptors (Lipinski definition) is 6. The number of unbranched alkanes of at least 4 members (excludes halogenated alkanes) is 1. The summed E-state index contributed by atoms with van der Waals surface area (Å²) < 4.78 is 0. The van der Waals surface area contributed by atoms with Crippen molar-refractivity contribution in [1.82, 2.24) is 0 Å². The van der Waals surface area contributed by atoms with Gasteiger partial charge in [-0.3, -0.25) is 19.6 Å². The van der Waals surface area contributed by atoms with Gasteiger partial charge in [-0.25, -0.2) is 0 Å². The highest BCUT2D eigenvalue weighted by Gasteiger charge is 2.36. The predicted octanol–water partition coefficient (Wildman–Crippen LogP) is 5.09. The van der Waals surface area contributed by atoms with Gasteiger partial charge in [-0.2, -0.15) is 0 Å². The molecule has 0 radical (unpaired) electrons. The van der Waals surface area contributed by atoms with Crippen LogP contribution in [-0.2, 0) is 9.59 Å². The van der Waals surface area contributed by atoms with E-state index < -0.39 is 0 Å². The van der Waals surface area contributed by atoms with Crippen molar-refractivity contribution in [1.29, 1.82) is 0 Å². The van der Waals surface area contributed by atoms with Crippen molar-refractivity contribution in [3.63, 3.8) is 0 Å². The van der Waals surface area contributed by atoms with Gasteiger partial charge in [0.25, 0.3) is 0 Å². The molecule has 166 valence electrons. The van der Waals surface area contributed by atoms with Crippen LogP contribution in [0.15, 0.2) is 32.6 Å². The molecular weight excluding hydrogens is 380 g/mol. The maximum atomic E-state index is 12.5. The first-order valence-corrected chi connectivity index (χ1v) is 10.7. The maximum absolute atomic E-state index is 12.5. The van der Waals surface area contributed by atoms with Crippen LogP contribution in [0.3, 0.4) is 0 Å². The number of carbonyl (C=O) groups is 2. The molecular formula is C24H36N2O4. The van der Waals surface area contributed by atoms with Gasteiger partial charge in [0.15, 0.2) is 11.6 Å². The van der Waals surface area contributed by atoms with Crippen LogP contribution in [0.4, 0.5) is 0 Å². The topological polar surface area (TPSA) is 99.3 Å². The van der Waals surface area contributed by atoms with Crippen LogP contribution in [0, 0.1) is 10.8 Å². The molecule has 2 rings (SSSR count). The van der Waals surface area contributed by atoms with E-state index in [1.54, 1.807) is 14.1 Å². The van der Waals surface area contributed by atoms with Gasteiger partial charge in [0.05, 0.1) is 11.1 Å². The van der Waals surface area contributed by atoms with Crippen molar-refractivity contribution in [3.05, 3.63) is 22.7 Å². The third-order valence-electron chi connectivity index (χ3n) is 5.90. The zero-order valence-corrected chi connectivity index (χ0v) is 19.3. The molecule has 6 heteroatoms. The highest BCUT2D eigenvalue weighted by Crippen LogP contribution is 2.38. The van der Waals surface area contributed by atoms with Crippen LogP contribution >= 0.6 is 0 Å². The Kier molecular flexibility index (Phi) is 7.43. The van der Waals surface area contributed by atoms with E-state index in [2.05, 4.69) is 9.98 Å². The van der Waals surface area contributed by atoms with Crippen molar-refractivity contribution in [3.8, 4) is 0 Å². The van der Waals surface area contributed by atoms with E-state index in [9.17, 15) is 19.8 Å². The third-order valence-corrected chi connectivity index (χ3v) is 5.90. The summed E-state index contributed by atoms with van der Waals surface area (Å²) in [5.74, 6) is 0.174. The molecule has 0 saturated carbocycles. The van der Waals surface area contributed by atoms with Crippen molar-refractivity contribution < 1.29 is 19.8 Å². The van der Waals surface area contributed by atoms with Crippen molar-refractivity contribution >= 4 is 23.0 Å². The van der Waals surface area contributed by atoms with E-state index in [1.807, 2.05) is 27.7 Å². The standard InChI is InChI=1S/C24H36N2O4/c1-23(2)11-17(27)21(18(28)12-23)15(25-5)9-7-8-10-16(26-6)22-19(29)13-24(3,4)14-20(22)30/h27,29H,7-14H2,1-6H3. The minimum absolute atomic E-state index is 0.0503. The number of aliphatic hydroxyl groups is 2. The lowest BCUT2D eigenvalue weighted by atomic mass is 9.75. The van der Waals surface area contributed by atoms with E-state index in [1.165, 1.54) is 0 Å². The van der Waals surface area contributed by atoms with Gasteiger partial charge in [-0.1, -0.05) is 27.7 Å². The summed E-state index contributed by atoms with van der Waals surface area (Å²) in [6.45, 7) is 7.90. The molecule has 0 amide bonds. The van der Waals surface area contributed by atoms with Crippen LogP contribution in [0.1, 0.15) is 79.1 Å². The van der Waals surface area contributed by atoms with Crippen molar-refractivity contribution in [2.45, 2.75) is 79.1 Å². The molecule has 30 heavy (non-hydrogen) atoms. The van der Waals surface area contributed by atoms with Gasteiger partial charge in [0.1, 0.15) is 11.5 Å². The summed E-state index contributed by atoms with van der Waals surface area (Å²) in [6.07, 6.45) is 4.40. The summed E-state index contributed by atoms with van der Waals surface area (Å²) in [5.41, 5.74) is 1.58. The molecule has 0 aliphatic heterocycles. The normalized spacial score (nSPS) is 22.7. The van der Waals surface area contributed by atoms with Gasteiger partial charge in [-0.15, -0.1) is 0 Å². The number of hydrogen-bond donors (Lipinski definition) is 2. The molecule has 0 spiro atoms. The molecule has 0 fully saturated rings. The smallest absolute Gasteiger partial charge is 0.168 e. The lowest BCUT2D eigenvalue weighted by Crippen LogP contribution is -2.29. The van der Waals surface area contributed by atoms with Gasteiger partial charge in [0, 0.05) is 51.2 Å². The number of rotatable bonds is 7. The lowest BCUT2D eigenvalue weighted by molar-refractivity contribution is -0.118. The van der Waals surface area contributed by atoms with Crippen molar-refractivity contribution in [2.24, 2.45) is 20.8 Å². The van der Waals surface area contributed by atoms with Crippen LogP contribution in [0.5, 0.6) is 0 Å². The monoisotopic (exact) mass is 416 g/mol. The number of Topliss-reactive ketones (excluding diaryl/α,β-unsaturated/α-hetero) is 2. The largest absolute Gasteiger partial charge is 0.511 e. The highest BCUT2D eigenvalue weighted by molar-refractivity contribution is 6.24. The maximum Gasteiger partial charge on any atom is 0.168 e. The molecule has 2 aliphatic carbocycles. The second-order valence-electron chi connectivity index (χ2n) is 10.1. The van der Waals surface area contributed by atoms with Crippen LogP contribution in [0.25, 0.3) is 0 Å². The summed E-state index contributed by atoms with van der Waals surface area (Å²) in [4.78, 5) is 33.6. The predicted molar refractivity (Wildman–Crippen MR) is 121 cm³/mol. The van der Waals surface area contributed by atoms with Gasteiger partial charge < -0.3 is 10.2 Å². The number of ketones is 2. The number of aliphatic imine (C=N–C) groups is 2. The Bertz CT molecular complexity index is 771. The first-order chi connectivity index (χ1) is 13.9. The van der Waals surface area contributed by atoms with E-state index in [-0.39, 0.29) is 33.9 Å². The molecule has 2 aliphatic rings. The Morgan fingerprint density at radius 1 is 0.733 bits per heavy atom. The van der Waals surface area contributed by atoms with Gasteiger partial charge in [0.2, 0.25) is 0 Å². The molecule has 6 nitrogen and oxygen atoms in total. The van der Waals surface area contributed by atoms with E-state index in [4.69, 9.17) is 0 Å². The number of aliphatic hydroxyl groups excluding tert-OH is 2. The SMILES string of the molecule is CN=C(CCCCC(=NC)C1=C(O)CC(C)(C)CC1=O)C1=C(O)CC(C)(C)CC1=O. The second-order valence-corrected chi connectivity index (χ2v) is 10.1. The fourth-order valence-electron chi connectivity index (χ4n) is 4.51. The minimum atomic E-state index is -0.229. The summed E-state index contributed by atoms with van der Waals surface area (Å²) in [5, 5.41) is 20.8. The van der Waals surface area contributed by atoms with E-state index in [0.717, 1.165) is 12.8 Å². The number of carbonyl (C=O) groups excluding carboxylic acids is 2. The Hall–Kier alpha value is -2.24. The fraction of sp³-hybridized carbons (Fsp3) is 0.667. The molecule has 0 saturated heterocycles. The second kappa shape index (κ2) is 9.27. The van der Waals surface area contributed by atoms with E-state index >= 15 is 0 Å². The molecule has 2 N–H and O–H groups in total. The highest BCUT2D eigenvalue weighted by atomic mass is 16.3. The van der Waals surface area contributed by atoms with Crippen LogP contribution in [-0.4, -0.2) is 47.3 Å². The molecule has 0 bridgehead atoms. The molecule has 0 aromatic rings. The number of allylic oxidation sites excluding steroid dienone is 4. The van der Waals surface area contributed by atoms with Crippen LogP contribution in [0.2, 0.25) is 0 Å². The number of nitrogens with zero attached hydrogens (tertiary/aromatic N) is 2. The first kappa shape index (κ1) is 24.0. The zero-order valence-electron chi connectivity index (χ0n) is 19.3. The lowest BCUT2D eigenvalue weighted by Gasteiger charge is -2.30. The quantitative estimate of drug-likeness (QED) is 0.446. The summed E-state index contributed by atoms with van der Waals surface area (Å²) in [6, 6.07) is 0. The van der Waals surface area contributed by atoms with Crippen molar-refractivity contribution in [2.75, 3.05) is 14.1 Å². The Labute approximate surface area is 179 Å². The average molecular weight is 417 g/mol.